The van der Waals surface area contributed by atoms with Crippen molar-refractivity contribution in [1.29, 1.82) is 0 Å². The van der Waals surface area contributed by atoms with E-state index < -0.39 is 17.8 Å². The number of nitrogens with two attached hydrogens (primary N) is 1. The fourth-order valence-electron chi connectivity index (χ4n) is 2.46. The van der Waals surface area contributed by atoms with Crippen LogP contribution in [0.25, 0.3) is 0 Å². The van der Waals surface area contributed by atoms with Gasteiger partial charge in [-0.15, -0.1) is 0 Å². The molecule has 6 nitrogen and oxygen atoms in total. The molecule has 24 heavy (non-hydrogen) atoms. The van der Waals surface area contributed by atoms with Crippen LogP contribution >= 0.6 is 0 Å². The number of nitrogens with zero attached hydrogens (tertiary/aromatic N) is 3. The van der Waals surface area contributed by atoms with Crippen molar-refractivity contribution >= 4 is 11.7 Å². The number of benzene rings is 1. The number of carbonyl (C=O) groups is 1. The number of nitrogen functional groups attached to an aromatic ring is 1. The van der Waals surface area contributed by atoms with Crippen molar-refractivity contribution in [2.45, 2.75) is 6.04 Å². The van der Waals surface area contributed by atoms with Gasteiger partial charge in [0.15, 0.2) is 0 Å². The van der Waals surface area contributed by atoms with Gasteiger partial charge in [-0.25, -0.2) is 14.4 Å². The van der Waals surface area contributed by atoms with Gasteiger partial charge < -0.3 is 15.6 Å². The van der Waals surface area contributed by atoms with E-state index in [1.165, 1.54) is 12.3 Å². The SMILES string of the molecule is Cn1ccnc1C(NC(=O)c1cccnc1N)c1ccccc1F. The predicted octanol–water partition coefficient (Wildman–Crippen LogP) is 2.06. The summed E-state index contributed by atoms with van der Waals surface area (Å²) in [5, 5.41) is 2.79. The van der Waals surface area contributed by atoms with Crippen molar-refractivity contribution in [3.05, 3.63) is 77.8 Å². The molecular formula is C17H16FN5O. The molecule has 0 aliphatic heterocycles. The predicted molar refractivity (Wildman–Crippen MR) is 87.6 cm³/mol. The highest BCUT2D eigenvalue weighted by atomic mass is 19.1. The van der Waals surface area contributed by atoms with E-state index >= 15 is 0 Å². The molecule has 2 heterocycles. The number of rotatable bonds is 4. The molecule has 0 radical (unpaired) electrons. The van der Waals surface area contributed by atoms with Gasteiger partial charge in [0.25, 0.3) is 5.91 Å². The number of nitrogens with one attached hydrogen (secondary N) is 1. The summed E-state index contributed by atoms with van der Waals surface area (Å²) in [4.78, 5) is 20.7. The Bertz CT molecular complexity index is 877. The molecule has 3 N–H and O–H groups in total. The molecule has 0 saturated carbocycles. The average molecular weight is 325 g/mol. The Labute approximate surface area is 138 Å². The summed E-state index contributed by atoms with van der Waals surface area (Å²) in [5.41, 5.74) is 6.30. The lowest BCUT2D eigenvalue weighted by atomic mass is 10.0. The molecule has 0 spiro atoms. The van der Waals surface area contributed by atoms with Crippen molar-refractivity contribution in [2.24, 2.45) is 7.05 Å². The number of aromatic nitrogens is 3. The van der Waals surface area contributed by atoms with E-state index in [0.29, 0.717) is 11.4 Å². The highest BCUT2D eigenvalue weighted by molar-refractivity contribution is 5.98. The van der Waals surface area contributed by atoms with Crippen molar-refractivity contribution in [1.82, 2.24) is 19.9 Å². The summed E-state index contributed by atoms with van der Waals surface area (Å²) in [6, 6.07) is 8.68. The second-order valence-corrected chi connectivity index (χ2v) is 5.26. The minimum absolute atomic E-state index is 0.113. The summed E-state index contributed by atoms with van der Waals surface area (Å²) < 4.78 is 16.0. The van der Waals surface area contributed by atoms with Crippen LogP contribution in [0.4, 0.5) is 10.2 Å². The minimum atomic E-state index is -0.752. The van der Waals surface area contributed by atoms with Crippen LogP contribution in [0, 0.1) is 5.82 Å². The first-order valence-corrected chi connectivity index (χ1v) is 7.31. The molecule has 3 aromatic rings. The molecule has 0 bridgehead atoms. The van der Waals surface area contributed by atoms with Crippen molar-refractivity contribution in [3.63, 3.8) is 0 Å². The normalized spacial score (nSPS) is 11.9. The zero-order chi connectivity index (χ0) is 17.1. The molecule has 1 unspecified atom stereocenters. The lowest BCUT2D eigenvalue weighted by molar-refractivity contribution is 0.0941. The van der Waals surface area contributed by atoms with E-state index in [9.17, 15) is 9.18 Å². The number of amides is 1. The molecular weight excluding hydrogens is 309 g/mol. The van der Waals surface area contributed by atoms with Gasteiger partial charge in [-0.1, -0.05) is 18.2 Å². The maximum absolute atomic E-state index is 14.3. The van der Waals surface area contributed by atoms with Gasteiger partial charge >= 0.3 is 0 Å². The summed E-state index contributed by atoms with van der Waals surface area (Å²) in [7, 11) is 1.78. The Morgan fingerprint density at radius 3 is 2.67 bits per heavy atom. The minimum Gasteiger partial charge on any atom is -0.383 e. The number of hydrogen-bond donors (Lipinski definition) is 2. The van der Waals surface area contributed by atoms with E-state index in [1.807, 2.05) is 0 Å². The van der Waals surface area contributed by atoms with E-state index in [1.54, 1.807) is 54.3 Å². The molecule has 1 atom stereocenters. The fourth-order valence-corrected chi connectivity index (χ4v) is 2.46. The Hall–Kier alpha value is -3.22. The third kappa shape index (κ3) is 2.96. The molecule has 1 aromatic carbocycles. The molecule has 3 rings (SSSR count). The summed E-state index contributed by atoms with van der Waals surface area (Å²) in [6.07, 6.45) is 4.82. The van der Waals surface area contributed by atoms with Gasteiger partial charge in [0, 0.05) is 31.2 Å². The largest absolute Gasteiger partial charge is 0.383 e. The van der Waals surface area contributed by atoms with E-state index in [4.69, 9.17) is 5.73 Å². The van der Waals surface area contributed by atoms with Crippen LogP contribution in [-0.4, -0.2) is 20.4 Å². The maximum atomic E-state index is 14.3. The van der Waals surface area contributed by atoms with Gasteiger partial charge in [-0.2, -0.15) is 0 Å². The van der Waals surface area contributed by atoms with E-state index in [0.717, 1.165) is 0 Å². The lowest BCUT2D eigenvalue weighted by Crippen LogP contribution is -2.32. The number of pyridine rings is 1. The Morgan fingerprint density at radius 2 is 2.00 bits per heavy atom. The molecule has 1 amide bonds. The highest BCUT2D eigenvalue weighted by Gasteiger charge is 2.24. The van der Waals surface area contributed by atoms with Crippen LogP contribution in [0.3, 0.4) is 0 Å². The Balaban J connectivity index is 2.00. The van der Waals surface area contributed by atoms with Gasteiger partial charge in [-0.05, 0) is 18.2 Å². The quantitative estimate of drug-likeness (QED) is 0.769. The van der Waals surface area contributed by atoms with E-state index in [2.05, 4.69) is 15.3 Å². The van der Waals surface area contributed by atoms with Gasteiger partial charge in [0.1, 0.15) is 23.5 Å². The highest BCUT2D eigenvalue weighted by Crippen LogP contribution is 2.24. The van der Waals surface area contributed by atoms with Crippen LogP contribution in [0.5, 0.6) is 0 Å². The molecule has 2 aromatic heterocycles. The summed E-state index contributed by atoms with van der Waals surface area (Å²) >= 11 is 0. The topological polar surface area (TPSA) is 85.8 Å². The number of anilines is 1. The molecule has 0 fully saturated rings. The smallest absolute Gasteiger partial charge is 0.255 e. The lowest BCUT2D eigenvalue weighted by Gasteiger charge is -2.20. The van der Waals surface area contributed by atoms with Crippen molar-refractivity contribution in [2.75, 3.05) is 5.73 Å². The zero-order valence-electron chi connectivity index (χ0n) is 13.0. The number of imidazole rings is 1. The molecule has 122 valence electrons. The number of hydrogen-bond acceptors (Lipinski definition) is 4. The number of carbonyl (C=O) groups excluding carboxylic acids is 1. The van der Waals surface area contributed by atoms with Crippen LogP contribution in [0.2, 0.25) is 0 Å². The fraction of sp³-hybridized carbons (Fsp3) is 0.118. The Kier molecular flexibility index (Phi) is 4.24. The van der Waals surface area contributed by atoms with Gasteiger partial charge in [0.2, 0.25) is 0 Å². The third-order valence-corrected chi connectivity index (χ3v) is 3.69. The second-order valence-electron chi connectivity index (χ2n) is 5.26. The third-order valence-electron chi connectivity index (χ3n) is 3.69. The first-order chi connectivity index (χ1) is 11.6. The molecule has 0 aliphatic rings. The van der Waals surface area contributed by atoms with Gasteiger partial charge in [-0.3, -0.25) is 4.79 Å². The van der Waals surface area contributed by atoms with Crippen LogP contribution in [0.15, 0.2) is 55.0 Å². The molecule has 7 heteroatoms. The van der Waals surface area contributed by atoms with Crippen LogP contribution < -0.4 is 11.1 Å². The molecule has 0 saturated heterocycles. The summed E-state index contributed by atoms with van der Waals surface area (Å²) in [6.45, 7) is 0. The van der Waals surface area contributed by atoms with Crippen LogP contribution in [-0.2, 0) is 7.05 Å². The second kappa shape index (κ2) is 6.49. The Morgan fingerprint density at radius 1 is 1.21 bits per heavy atom. The first-order valence-electron chi connectivity index (χ1n) is 7.31. The standard InChI is InChI=1S/C17H16FN5O/c1-23-10-9-21-16(23)14(11-5-2-3-7-13(11)18)22-17(24)12-6-4-8-20-15(12)19/h2-10,14H,1H3,(H2,19,20)(H,22,24). The average Bonchev–Trinajstić information content (AvgIpc) is 2.99. The van der Waals surface area contributed by atoms with Crippen molar-refractivity contribution < 1.29 is 9.18 Å². The van der Waals surface area contributed by atoms with Gasteiger partial charge in [0.05, 0.1) is 5.56 Å². The van der Waals surface area contributed by atoms with Crippen LogP contribution in [0.1, 0.15) is 27.8 Å². The number of aryl methyl sites for hydroxylation is 1. The zero-order valence-corrected chi connectivity index (χ0v) is 13.0. The van der Waals surface area contributed by atoms with E-state index in [-0.39, 0.29) is 11.4 Å². The monoisotopic (exact) mass is 325 g/mol. The first kappa shape index (κ1) is 15.7. The summed E-state index contributed by atoms with van der Waals surface area (Å²) in [5.74, 6) is -0.250. The van der Waals surface area contributed by atoms with Crippen molar-refractivity contribution in [3.8, 4) is 0 Å². The molecule has 0 aliphatic carbocycles. The number of halogens is 1. The maximum Gasteiger partial charge on any atom is 0.255 e.